The van der Waals surface area contributed by atoms with E-state index in [-0.39, 0.29) is 35.7 Å². The van der Waals surface area contributed by atoms with Crippen LogP contribution in [0.25, 0.3) is 0 Å². The second-order valence-electron chi connectivity index (χ2n) is 2.69. The summed E-state index contributed by atoms with van der Waals surface area (Å²) in [6.45, 7) is 0.0384. The van der Waals surface area contributed by atoms with E-state index < -0.39 is 11.5 Å². The van der Waals surface area contributed by atoms with Crippen molar-refractivity contribution in [3.05, 3.63) is 17.9 Å². The number of halogens is 3. The first-order valence-corrected chi connectivity index (χ1v) is 5.15. The van der Waals surface area contributed by atoms with E-state index in [1.54, 1.807) is 0 Å². The van der Waals surface area contributed by atoms with E-state index in [4.69, 9.17) is 9.52 Å². The molecule has 0 bridgehead atoms. The van der Waals surface area contributed by atoms with Crippen molar-refractivity contribution in [1.29, 1.82) is 0 Å². The van der Waals surface area contributed by atoms with Crippen LogP contribution in [0.3, 0.4) is 0 Å². The van der Waals surface area contributed by atoms with E-state index in [1.807, 2.05) is 0 Å². The number of alkyl halides is 3. The van der Waals surface area contributed by atoms with Crippen molar-refractivity contribution >= 4 is 23.6 Å². The predicted molar refractivity (Wildman–Crippen MR) is 52.7 cm³/mol. The van der Waals surface area contributed by atoms with Gasteiger partial charge in [0.25, 0.3) is 0 Å². The predicted octanol–water partition coefficient (Wildman–Crippen LogP) is 2.64. The summed E-state index contributed by atoms with van der Waals surface area (Å²) in [7, 11) is 0. The van der Waals surface area contributed by atoms with Crippen molar-refractivity contribution < 1.29 is 27.5 Å². The topological polar surface area (TPSA) is 62.5 Å². The summed E-state index contributed by atoms with van der Waals surface area (Å²) in [5, 5.41) is 11.0. The number of carbonyl (C=O) groups is 1. The highest BCUT2D eigenvalue weighted by Gasteiger charge is 2.27. The molecule has 16 heavy (non-hydrogen) atoms. The fourth-order valence-corrected chi connectivity index (χ4v) is 1.32. The Balaban J connectivity index is 2.30. The normalized spacial score (nSPS) is 11.4. The minimum absolute atomic E-state index is 0.0384. The minimum Gasteiger partial charge on any atom is -0.475 e. The lowest BCUT2D eigenvalue weighted by atomic mass is 10.5. The molecule has 0 spiro atoms. The second-order valence-corrected chi connectivity index (χ2v) is 3.85. The Morgan fingerprint density at radius 3 is 2.69 bits per heavy atom. The van der Waals surface area contributed by atoms with E-state index in [0.29, 0.717) is 0 Å². The summed E-state index contributed by atoms with van der Waals surface area (Å²) >= 11 is -0.155. The Hall–Kier alpha value is -1.31. The molecule has 2 N–H and O–H groups in total. The fraction of sp³-hybridized carbons (Fsp3) is 0.375. The lowest BCUT2D eigenvalue weighted by Crippen LogP contribution is -2.09. The Labute approximate surface area is 92.8 Å². The fourth-order valence-electron chi connectivity index (χ4n) is 0.889. The van der Waals surface area contributed by atoms with E-state index in [1.165, 1.54) is 12.1 Å². The van der Waals surface area contributed by atoms with Crippen LogP contribution in [0, 0.1) is 0 Å². The first kappa shape index (κ1) is 12.8. The van der Waals surface area contributed by atoms with Gasteiger partial charge >= 0.3 is 11.5 Å². The number of furan rings is 1. The molecule has 0 aromatic carbocycles. The van der Waals surface area contributed by atoms with Crippen LogP contribution in [0.15, 0.2) is 16.5 Å². The first-order valence-electron chi connectivity index (χ1n) is 4.16. The first-order chi connectivity index (χ1) is 7.38. The molecular weight excluding hydrogens is 247 g/mol. The van der Waals surface area contributed by atoms with Gasteiger partial charge in [-0.2, -0.15) is 13.2 Å². The smallest absolute Gasteiger partial charge is 0.441 e. The quantitative estimate of drug-likeness (QED) is 0.792. The van der Waals surface area contributed by atoms with Crippen molar-refractivity contribution in [3.63, 3.8) is 0 Å². The van der Waals surface area contributed by atoms with Gasteiger partial charge in [-0.15, -0.1) is 0 Å². The van der Waals surface area contributed by atoms with Crippen LogP contribution in [0.4, 0.5) is 19.1 Å². The van der Waals surface area contributed by atoms with Gasteiger partial charge < -0.3 is 14.8 Å². The van der Waals surface area contributed by atoms with Crippen LogP contribution >= 0.6 is 11.8 Å². The summed E-state index contributed by atoms with van der Waals surface area (Å²) < 4.78 is 40.0. The van der Waals surface area contributed by atoms with Gasteiger partial charge in [0.2, 0.25) is 5.76 Å². The van der Waals surface area contributed by atoms with Crippen LogP contribution in [0.1, 0.15) is 10.6 Å². The maximum atomic E-state index is 11.7. The largest absolute Gasteiger partial charge is 0.475 e. The van der Waals surface area contributed by atoms with E-state index in [2.05, 4.69) is 5.32 Å². The van der Waals surface area contributed by atoms with Crippen LogP contribution in [0.5, 0.6) is 0 Å². The Morgan fingerprint density at radius 2 is 2.19 bits per heavy atom. The van der Waals surface area contributed by atoms with E-state index >= 15 is 0 Å². The number of rotatable bonds is 5. The summed E-state index contributed by atoms with van der Waals surface area (Å²) in [5.41, 5.74) is -4.25. The van der Waals surface area contributed by atoms with Crippen molar-refractivity contribution in [1.82, 2.24) is 0 Å². The van der Waals surface area contributed by atoms with Crippen molar-refractivity contribution in [2.75, 3.05) is 17.6 Å². The number of thioether (sulfide) groups is 1. The Kier molecular flexibility index (Phi) is 4.11. The van der Waals surface area contributed by atoms with Gasteiger partial charge in [-0.3, -0.25) is 0 Å². The summed E-state index contributed by atoms with van der Waals surface area (Å²) in [6, 6.07) is 2.57. The van der Waals surface area contributed by atoms with Crippen LogP contribution in [-0.4, -0.2) is 28.9 Å². The van der Waals surface area contributed by atoms with Crippen molar-refractivity contribution in [2.45, 2.75) is 5.51 Å². The Bertz CT molecular complexity index is 364. The molecule has 0 atom stereocenters. The summed E-state index contributed by atoms with van der Waals surface area (Å²) in [5.74, 6) is -1.52. The molecular formula is C8H8F3NO3S. The van der Waals surface area contributed by atoms with E-state index in [0.717, 1.165) is 0 Å². The van der Waals surface area contributed by atoms with Crippen molar-refractivity contribution in [3.8, 4) is 0 Å². The molecule has 0 fully saturated rings. The molecule has 0 amide bonds. The molecule has 1 aromatic heterocycles. The Morgan fingerprint density at radius 1 is 1.50 bits per heavy atom. The third-order valence-electron chi connectivity index (χ3n) is 1.48. The van der Waals surface area contributed by atoms with Crippen molar-refractivity contribution in [2.24, 2.45) is 0 Å². The molecule has 1 rings (SSSR count). The average Bonchev–Trinajstić information content (AvgIpc) is 2.59. The van der Waals surface area contributed by atoms with E-state index in [9.17, 15) is 18.0 Å². The molecule has 0 unspecified atom stereocenters. The average molecular weight is 255 g/mol. The number of carboxylic acids is 1. The molecule has 0 aliphatic carbocycles. The number of aromatic carboxylic acids is 1. The zero-order valence-electron chi connectivity index (χ0n) is 7.87. The molecule has 0 radical (unpaired) electrons. The molecule has 1 aromatic rings. The molecule has 90 valence electrons. The summed E-state index contributed by atoms with van der Waals surface area (Å²) in [4.78, 5) is 10.4. The third kappa shape index (κ3) is 4.47. The lowest BCUT2D eigenvalue weighted by molar-refractivity contribution is -0.0327. The van der Waals surface area contributed by atoms with Gasteiger partial charge in [-0.1, -0.05) is 0 Å². The highest BCUT2D eigenvalue weighted by Crippen LogP contribution is 2.29. The number of hydrogen-bond donors (Lipinski definition) is 2. The number of carboxylic acid groups (broad SMARTS) is 1. The third-order valence-corrected chi connectivity index (χ3v) is 2.22. The highest BCUT2D eigenvalue weighted by molar-refractivity contribution is 8.00. The molecule has 0 aliphatic rings. The van der Waals surface area contributed by atoms with Gasteiger partial charge in [-0.25, -0.2) is 4.79 Å². The van der Waals surface area contributed by atoms with Crippen LogP contribution in [-0.2, 0) is 0 Å². The maximum absolute atomic E-state index is 11.7. The van der Waals surface area contributed by atoms with Crippen LogP contribution in [0.2, 0.25) is 0 Å². The minimum atomic E-state index is -4.25. The van der Waals surface area contributed by atoms with Gasteiger partial charge in [-0.05, 0) is 17.8 Å². The number of hydrogen-bond acceptors (Lipinski definition) is 4. The van der Waals surface area contributed by atoms with Gasteiger partial charge in [0.05, 0.1) is 0 Å². The number of anilines is 1. The van der Waals surface area contributed by atoms with Gasteiger partial charge in [0.15, 0.2) is 5.88 Å². The van der Waals surface area contributed by atoms with Gasteiger partial charge in [0.1, 0.15) is 0 Å². The molecule has 8 heteroatoms. The van der Waals surface area contributed by atoms with Crippen LogP contribution < -0.4 is 5.32 Å². The SMILES string of the molecule is O=C(O)c1ccc(NCCSC(F)(F)F)o1. The number of nitrogens with one attached hydrogen (secondary N) is 1. The molecule has 4 nitrogen and oxygen atoms in total. The highest BCUT2D eigenvalue weighted by atomic mass is 32.2. The standard InChI is InChI=1S/C8H8F3NO3S/c9-8(10,11)16-4-3-12-6-2-1-5(15-6)7(13)14/h1-2,12H,3-4H2,(H,13,14). The lowest BCUT2D eigenvalue weighted by Gasteiger charge is -2.05. The molecule has 0 saturated heterocycles. The molecule has 0 saturated carbocycles. The maximum Gasteiger partial charge on any atom is 0.441 e. The second kappa shape index (κ2) is 5.15. The monoisotopic (exact) mass is 255 g/mol. The molecule has 1 heterocycles. The van der Waals surface area contributed by atoms with Gasteiger partial charge in [0, 0.05) is 18.4 Å². The molecule has 0 aliphatic heterocycles. The zero-order chi connectivity index (χ0) is 12.2. The zero-order valence-corrected chi connectivity index (χ0v) is 8.69. The summed E-state index contributed by atoms with van der Waals surface area (Å²) in [6.07, 6.45) is 0.